The van der Waals surface area contributed by atoms with E-state index in [1.54, 1.807) is 6.08 Å². The van der Waals surface area contributed by atoms with Crippen molar-refractivity contribution in [3.05, 3.63) is 23.4 Å². The van der Waals surface area contributed by atoms with Gasteiger partial charge in [-0.1, -0.05) is 19.4 Å². The lowest BCUT2D eigenvalue weighted by Crippen LogP contribution is -2.61. The van der Waals surface area contributed by atoms with E-state index in [4.69, 9.17) is 18.9 Å². The molecule has 0 aromatic heterocycles. The number of methoxy groups -OCH3 is 1. The van der Waals surface area contributed by atoms with E-state index >= 15 is 0 Å². The molecule has 0 aromatic rings. The van der Waals surface area contributed by atoms with E-state index in [0.717, 1.165) is 12.8 Å². The van der Waals surface area contributed by atoms with Gasteiger partial charge in [0, 0.05) is 24.6 Å². The van der Waals surface area contributed by atoms with E-state index in [-0.39, 0.29) is 6.61 Å². The van der Waals surface area contributed by atoms with Crippen LogP contribution in [0.5, 0.6) is 0 Å². The molecule has 0 aromatic carbocycles. The Hall–Kier alpha value is -1.57. The van der Waals surface area contributed by atoms with Crippen molar-refractivity contribution in [2.45, 2.75) is 62.8 Å². The molecule has 0 radical (unpaired) electrons. The smallest absolute Gasteiger partial charge is 0.335 e. The highest BCUT2D eigenvalue weighted by Gasteiger charge is 2.51. The van der Waals surface area contributed by atoms with Crippen LogP contribution in [-0.2, 0) is 23.7 Å². The molecule has 3 aliphatic rings. The van der Waals surface area contributed by atoms with Gasteiger partial charge in [0.25, 0.3) is 0 Å². The third-order valence-electron chi connectivity index (χ3n) is 6.18. The summed E-state index contributed by atoms with van der Waals surface area (Å²) in [5.74, 6) is -1.62. The van der Waals surface area contributed by atoms with Crippen LogP contribution < -0.4 is 5.32 Å². The molecule has 11 nitrogen and oxygen atoms in total. The number of unbranched alkanes of at least 4 members (excludes halogenated alkanes) is 1. The van der Waals surface area contributed by atoms with Gasteiger partial charge in [-0.05, 0) is 12.0 Å². The summed E-state index contributed by atoms with van der Waals surface area (Å²) in [6, 6.07) is 0. The van der Waals surface area contributed by atoms with E-state index in [0.29, 0.717) is 17.8 Å². The van der Waals surface area contributed by atoms with Gasteiger partial charge in [-0.15, -0.1) is 0 Å². The normalized spacial score (nSPS) is 39.0. The summed E-state index contributed by atoms with van der Waals surface area (Å²) in [5, 5.41) is 52.7. The molecule has 1 saturated heterocycles. The second kappa shape index (κ2) is 11.0. The van der Waals surface area contributed by atoms with Gasteiger partial charge >= 0.3 is 5.97 Å². The van der Waals surface area contributed by atoms with Crippen LogP contribution in [0.25, 0.3) is 0 Å². The van der Waals surface area contributed by atoms with Crippen molar-refractivity contribution in [3.8, 4) is 0 Å². The van der Waals surface area contributed by atoms with Gasteiger partial charge < -0.3 is 49.8 Å². The zero-order valence-electron chi connectivity index (χ0n) is 18.2. The minimum absolute atomic E-state index is 0.306. The van der Waals surface area contributed by atoms with E-state index in [1.807, 2.05) is 6.92 Å². The summed E-state index contributed by atoms with van der Waals surface area (Å²) >= 11 is 0. The maximum Gasteiger partial charge on any atom is 0.335 e. The molecule has 0 spiro atoms. The summed E-state index contributed by atoms with van der Waals surface area (Å²) in [6.45, 7) is 1.61. The molecular weight excluding hydrogens is 426 g/mol. The van der Waals surface area contributed by atoms with Crippen molar-refractivity contribution in [3.63, 3.8) is 0 Å². The molecule has 2 aliphatic heterocycles. The third-order valence-corrected chi connectivity index (χ3v) is 6.18. The number of aliphatic hydroxyl groups excluding tert-OH is 5. The van der Waals surface area contributed by atoms with Crippen LogP contribution in [0.4, 0.5) is 0 Å². The first-order chi connectivity index (χ1) is 15.4. The lowest BCUT2D eigenvalue weighted by molar-refractivity contribution is -0.317. The number of fused-ring (bicyclic) bond motifs is 1. The minimum Gasteiger partial charge on any atom is -0.466 e. The Bertz CT molecular complexity index is 711. The Balaban J connectivity index is 1.85. The van der Waals surface area contributed by atoms with Gasteiger partial charge in [-0.2, -0.15) is 0 Å². The number of nitrogens with one attached hydrogen (secondary N) is 1. The van der Waals surface area contributed by atoms with E-state index in [2.05, 4.69) is 5.32 Å². The van der Waals surface area contributed by atoms with Crippen LogP contribution in [0, 0.1) is 11.8 Å². The first kappa shape index (κ1) is 25.1. The summed E-state index contributed by atoms with van der Waals surface area (Å²) in [6.07, 6.45) is -3.58. The number of rotatable bonds is 9. The van der Waals surface area contributed by atoms with Gasteiger partial charge in [-0.25, -0.2) is 4.79 Å². The molecular formula is C21H33NO10. The van der Waals surface area contributed by atoms with Gasteiger partial charge in [-0.3, -0.25) is 0 Å². The van der Waals surface area contributed by atoms with E-state index in [9.17, 15) is 30.3 Å². The van der Waals surface area contributed by atoms with Crippen LogP contribution >= 0.6 is 0 Å². The topological polar surface area (TPSA) is 167 Å². The molecule has 0 amide bonds. The van der Waals surface area contributed by atoms with E-state index < -0.39 is 67.4 Å². The maximum atomic E-state index is 12.4. The number of hydrogen-bond acceptors (Lipinski definition) is 11. The highest BCUT2D eigenvalue weighted by Crippen LogP contribution is 2.44. The molecule has 1 fully saturated rings. The molecule has 2 heterocycles. The van der Waals surface area contributed by atoms with Gasteiger partial charge in [0.05, 0.1) is 32.0 Å². The van der Waals surface area contributed by atoms with Crippen molar-refractivity contribution in [2.75, 3.05) is 26.9 Å². The van der Waals surface area contributed by atoms with E-state index in [1.165, 1.54) is 13.3 Å². The molecule has 6 N–H and O–H groups in total. The number of carbonyl (C=O) groups is 1. The average Bonchev–Trinajstić information content (AvgIpc) is 3.18. The predicted molar refractivity (Wildman–Crippen MR) is 109 cm³/mol. The fourth-order valence-corrected chi connectivity index (χ4v) is 4.42. The molecule has 0 unspecified atom stereocenters. The molecule has 0 bridgehead atoms. The standard InChI is InChI=1S/C21H33NO10/c1-3-4-5-30-12-6-10(8-23)14-15(12)11(20(28)29-2)7-22-19(14)32-21-18(27)17(26)16(25)13(9-24)31-21/h6-7,12-19,21-27H,3-5,8-9H2,1-2H3/t12-,13-,14-,15+,16+,17-,18-,19+,21+/m1/s1. The van der Waals surface area contributed by atoms with Crippen LogP contribution in [0.2, 0.25) is 0 Å². The summed E-state index contributed by atoms with van der Waals surface area (Å²) in [4.78, 5) is 12.4. The summed E-state index contributed by atoms with van der Waals surface area (Å²) < 4.78 is 22.3. The molecule has 11 heteroatoms. The van der Waals surface area contributed by atoms with Crippen molar-refractivity contribution < 1.29 is 49.3 Å². The number of aliphatic hydroxyl groups is 5. The molecule has 3 rings (SSSR count). The third kappa shape index (κ3) is 4.85. The number of hydrogen-bond donors (Lipinski definition) is 6. The predicted octanol–water partition coefficient (Wildman–Crippen LogP) is -1.86. The Kier molecular flexibility index (Phi) is 8.64. The highest BCUT2D eigenvalue weighted by atomic mass is 16.7. The monoisotopic (exact) mass is 459 g/mol. The second-order valence-electron chi connectivity index (χ2n) is 8.15. The average molecular weight is 459 g/mol. The lowest BCUT2D eigenvalue weighted by Gasteiger charge is -2.43. The first-order valence-electron chi connectivity index (χ1n) is 10.8. The number of esters is 1. The number of ether oxygens (including phenoxy) is 4. The largest absolute Gasteiger partial charge is 0.466 e. The Labute approximate surface area is 186 Å². The zero-order valence-corrected chi connectivity index (χ0v) is 18.2. The SMILES string of the molecule is CCCCO[C@@H]1C=C(CO)[C@@H]2[C@H]1C(C(=O)OC)=CN[C@H]2O[C@@H]1O[C@H](CO)[C@H](O)[C@@H](O)[C@H]1O. The first-order valence-corrected chi connectivity index (χ1v) is 10.8. The quantitative estimate of drug-likeness (QED) is 0.130. The van der Waals surface area contributed by atoms with Gasteiger partial charge in [0.1, 0.15) is 30.6 Å². The Morgan fingerprint density at radius 3 is 2.53 bits per heavy atom. The van der Waals surface area contributed by atoms with Crippen LogP contribution in [0.3, 0.4) is 0 Å². The lowest BCUT2D eigenvalue weighted by atomic mass is 9.80. The molecule has 182 valence electrons. The van der Waals surface area contributed by atoms with Crippen LogP contribution in [-0.4, -0.2) is 101 Å². The van der Waals surface area contributed by atoms with Crippen molar-refractivity contribution in [1.29, 1.82) is 0 Å². The molecule has 0 saturated carbocycles. The van der Waals surface area contributed by atoms with Gasteiger partial charge in [0.15, 0.2) is 6.29 Å². The van der Waals surface area contributed by atoms with Crippen LogP contribution in [0.15, 0.2) is 23.4 Å². The maximum absolute atomic E-state index is 12.4. The Morgan fingerprint density at radius 2 is 1.91 bits per heavy atom. The summed E-state index contributed by atoms with van der Waals surface area (Å²) in [5.41, 5.74) is 0.903. The molecule has 1 aliphatic carbocycles. The fraction of sp³-hybridized carbons (Fsp3) is 0.762. The highest BCUT2D eigenvalue weighted by molar-refractivity contribution is 5.89. The zero-order chi connectivity index (χ0) is 23.4. The van der Waals surface area contributed by atoms with Crippen LogP contribution in [0.1, 0.15) is 19.8 Å². The second-order valence-corrected chi connectivity index (χ2v) is 8.15. The van der Waals surface area contributed by atoms with Crippen molar-refractivity contribution >= 4 is 5.97 Å². The van der Waals surface area contributed by atoms with Gasteiger partial charge in [0.2, 0.25) is 0 Å². The molecule has 32 heavy (non-hydrogen) atoms. The molecule has 9 atom stereocenters. The van der Waals surface area contributed by atoms with Crippen molar-refractivity contribution in [2.24, 2.45) is 11.8 Å². The fourth-order valence-electron chi connectivity index (χ4n) is 4.42. The minimum atomic E-state index is -1.59. The Morgan fingerprint density at radius 1 is 1.16 bits per heavy atom. The number of carbonyl (C=O) groups excluding carboxylic acids is 1. The van der Waals surface area contributed by atoms with Crippen molar-refractivity contribution in [1.82, 2.24) is 5.32 Å². The summed E-state index contributed by atoms with van der Waals surface area (Å²) in [7, 11) is 1.27.